The number of anilines is 1. The SMILES string of the molecule is CC[C@H](C)[C@H](CO)N1C(=O)[C@@H]2[C@H]3C(=O)N(Cc4ccccc4)CC=C[C@H]3O[C@@]23C=CCN(c2ccc(OC)cc2)C(=O)C13. The van der Waals surface area contributed by atoms with E-state index < -0.39 is 35.6 Å². The Morgan fingerprint density at radius 1 is 1.00 bits per heavy atom. The average Bonchev–Trinajstić information content (AvgIpc) is 3.35. The lowest BCUT2D eigenvalue weighted by Crippen LogP contribution is -2.59. The normalized spacial score (nSPS) is 29.6. The van der Waals surface area contributed by atoms with Crippen LogP contribution in [-0.4, -0.2) is 83.2 Å². The number of hydrogen-bond donors (Lipinski definition) is 1. The van der Waals surface area contributed by atoms with E-state index in [1.165, 1.54) is 0 Å². The topological polar surface area (TPSA) is 99.6 Å². The molecule has 0 radical (unpaired) electrons. The molecule has 6 rings (SSSR count). The highest BCUT2D eigenvalue weighted by atomic mass is 16.5. The van der Waals surface area contributed by atoms with Gasteiger partial charge in [-0.2, -0.15) is 0 Å². The Morgan fingerprint density at radius 2 is 1.74 bits per heavy atom. The molecule has 0 saturated carbocycles. The first-order chi connectivity index (χ1) is 20.8. The Kier molecular flexibility index (Phi) is 7.87. The molecule has 4 aliphatic rings. The van der Waals surface area contributed by atoms with Crippen molar-refractivity contribution in [2.24, 2.45) is 17.8 Å². The molecule has 1 unspecified atom stereocenters. The zero-order chi connectivity index (χ0) is 30.3. The molecule has 9 heteroatoms. The quantitative estimate of drug-likeness (QED) is 0.478. The fourth-order valence-corrected chi connectivity index (χ4v) is 7.24. The molecule has 43 heavy (non-hydrogen) atoms. The predicted octanol–water partition coefficient (Wildman–Crippen LogP) is 3.18. The van der Waals surface area contributed by atoms with Crippen molar-refractivity contribution in [1.82, 2.24) is 9.80 Å². The molecule has 9 nitrogen and oxygen atoms in total. The zero-order valence-corrected chi connectivity index (χ0v) is 24.8. The molecule has 0 bridgehead atoms. The fraction of sp³-hybridized carbons (Fsp3) is 0.441. The van der Waals surface area contributed by atoms with Gasteiger partial charge in [-0.3, -0.25) is 14.4 Å². The summed E-state index contributed by atoms with van der Waals surface area (Å²) in [4.78, 5) is 48.5. The molecular weight excluding hydrogens is 546 g/mol. The molecule has 0 aliphatic carbocycles. The molecule has 226 valence electrons. The standard InChI is InChI=1S/C34H39N3O6/c1-4-22(2)26(21-38)37-30-33(41)36(24-13-15-25(42-3)16-14-24)19-9-17-34(30)29(32(37)40)28-27(43-34)12-8-18-35(31(28)39)20-23-10-6-5-7-11-23/h5-17,22,26-30,38H,4,18-21H2,1-3H3/t22-,26-,27+,28-,29-,30?,34-/m0/s1. The van der Waals surface area contributed by atoms with E-state index in [1.807, 2.05) is 80.6 Å². The number of ether oxygens (including phenoxy) is 2. The number of benzene rings is 2. The average molecular weight is 586 g/mol. The van der Waals surface area contributed by atoms with Crippen molar-refractivity contribution in [3.05, 3.63) is 84.5 Å². The molecule has 0 aromatic heterocycles. The van der Waals surface area contributed by atoms with Crippen molar-refractivity contribution >= 4 is 23.4 Å². The van der Waals surface area contributed by atoms with Gasteiger partial charge in [0, 0.05) is 25.3 Å². The second kappa shape index (κ2) is 11.6. The minimum atomic E-state index is -1.36. The van der Waals surface area contributed by atoms with Gasteiger partial charge in [0.2, 0.25) is 11.8 Å². The van der Waals surface area contributed by atoms with E-state index >= 15 is 0 Å². The number of carbonyl (C=O) groups excluding carboxylic acids is 3. The minimum Gasteiger partial charge on any atom is -0.497 e. The summed E-state index contributed by atoms with van der Waals surface area (Å²) in [5.74, 6) is -1.94. The molecule has 4 heterocycles. The molecule has 2 fully saturated rings. The maximum Gasteiger partial charge on any atom is 0.253 e. The number of aliphatic hydroxyl groups excluding tert-OH is 1. The van der Waals surface area contributed by atoms with Crippen molar-refractivity contribution in [3.63, 3.8) is 0 Å². The number of likely N-dealkylation sites (tertiary alicyclic amines) is 1. The van der Waals surface area contributed by atoms with Gasteiger partial charge in [-0.05, 0) is 35.7 Å². The highest BCUT2D eigenvalue weighted by molar-refractivity contribution is 6.06. The van der Waals surface area contributed by atoms with Gasteiger partial charge in [0.25, 0.3) is 5.91 Å². The van der Waals surface area contributed by atoms with Gasteiger partial charge in [-0.25, -0.2) is 0 Å². The van der Waals surface area contributed by atoms with Gasteiger partial charge in [0.05, 0.1) is 37.7 Å². The Balaban J connectivity index is 1.43. The molecular formula is C34H39N3O6. The Hall–Kier alpha value is -3.95. The Labute approximate surface area is 252 Å². The highest BCUT2D eigenvalue weighted by Crippen LogP contribution is 2.54. The number of aliphatic hydroxyl groups is 1. The molecule has 3 amide bonds. The lowest BCUT2D eigenvalue weighted by Gasteiger charge is -2.40. The molecule has 2 aromatic carbocycles. The summed E-state index contributed by atoms with van der Waals surface area (Å²) in [5.41, 5.74) is 0.288. The molecule has 4 aliphatic heterocycles. The lowest BCUT2D eigenvalue weighted by molar-refractivity contribution is -0.148. The zero-order valence-electron chi connectivity index (χ0n) is 24.8. The summed E-state index contributed by atoms with van der Waals surface area (Å²) in [5, 5.41) is 10.6. The van der Waals surface area contributed by atoms with Crippen LogP contribution < -0.4 is 9.64 Å². The summed E-state index contributed by atoms with van der Waals surface area (Å²) >= 11 is 0. The number of hydrogen-bond acceptors (Lipinski definition) is 6. The van der Waals surface area contributed by atoms with E-state index in [9.17, 15) is 19.5 Å². The van der Waals surface area contributed by atoms with Crippen molar-refractivity contribution in [3.8, 4) is 5.75 Å². The van der Waals surface area contributed by atoms with Gasteiger partial charge in [0.15, 0.2) is 0 Å². The molecule has 2 aromatic rings. The van der Waals surface area contributed by atoms with Crippen molar-refractivity contribution < 1.29 is 29.0 Å². The van der Waals surface area contributed by atoms with Crippen LogP contribution in [0.1, 0.15) is 25.8 Å². The van der Waals surface area contributed by atoms with Crippen molar-refractivity contribution in [2.75, 3.05) is 31.7 Å². The number of amides is 3. The summed E-state index contributed by atoms with van der Waals surface area (Å²) in [7, 11) is 1.58. The van der Waals surface area contributed by atoms with E-state index in [1.54, 1.807) is 33.9 Å². The summed E-state index contributed by atoms with van der Waals surface area (Å²) < 4.78 is 12.1. The highest BCUT2D eigenvalue weighted by Gasteiger charge is 2.72. The second-order valence-corrected chi connectivity index (χ2v) is 11.9. The van der Waals surface area contributed by atoms with Crippen LogP contribution in [0.25, 0.3) is 0 Å². The fourth-order valence-electron chi connectivity index (χ4n) is 7.24. The van der Waals surface area contributed by atoms with Gasteiger partial charge in [0.1, 0.15) is 17.4 Å². The van der Waals surface area contributed by atoms with Crippen LogP contribution in [0.3, 0.4) is 0 Å². The van der Waals surface area contributed by atoms with Crippen LogP contribution in [0.15, 0.2) is 78.9 Å². The van der Waals surface area contributed by atoms with Crippen LogP contribution in [0.5, 0.6) is 5.75 Å². The van der Waals surface area contributed by atoms with E-state index in [-0.39, 0.29) is 36.8 Å². The monoisotopic (exact) mass is 585 g/mol. The molecule has 1 spiro atoms. The first-order valence-corrected chi connectivity index (χ1v) is 15.1. The van der Waals surface area contributed by atoms with Gasteiger partial charge < -0.3 is 29.3 Å². The predicted molar refractivity (Wildman–Crippen MR) is 161 cm³/mol. The summed E-state index contributed by atoms with van der Waals surface area (Å²) in [6, 6.07) is 15.3. The largest absolute Gasteiger partial charge is 0.497 e. The van der Waals surface area contributed by atoms with Crippen LogP contribution in [0.4, 0.5) is 5.69 Å². The number of carbonyl (C=O) groups is 3. The van der Waals surface area contributed by atoms with E-state index in [0.29, 0.717) is 30.9 Å². The van der Waals surface area contributed by atoms with E-state index in [4.69, 9.17) is 9.47 Å². The number of methoxy groups -OCH3 is 1. The maximum absolute atomic E-state index is 14.7. The number of rotatable bonds is 8. The van der Waals surface area contributed by atoms with Crippen LogP contribution >= 0.6 is 0 Å². The smallest absolute Gasteiger partial charge is 0.253 e. The second-order valence-electron chi connectivity index (χ2n) is 11.9. The first-order valence-electron chi connectivity index (χ1n) is 15.1. The van der Waals surface area contributed by atoms with E-state index in [0.717, 1.165) is 5.56 Å². The van der Waals surface area contributed by atoms with Crippen LogP contribution in [-0.2, 0) is 25.7 Å². The molecule has 7 atom stereocenters. The Bertz CT molecular complexity index is 1430. The molecule has 1 N–H and O–H groups in total. The first kappa shape index (κ1) is 29.1. The number of nitrogens with zero attached hydrogens (tertiary/aromatic N) is 3. The maximum atomic E-state index is 14.7. The lowest BCUT2D eigenvalue weighted by atomic mass is 9.77. The summed E-state index contributed by atoms with van der Waals surface area (Å²) in [6.07, 6.45) is 7.53. The van der Waals surface area contributed by atoms with Gasteiger partial charge >= 0.3 is 0 Å². The van der Waals surface area contributed by atoms with E-state index in [2.05, 4.69) is 0 Å². The van der Waals surface area contributed by atoms with Crippen molar-refractivity contribution in [2.45, 2.75) is 50.6 Å². The van der Waals surface area contributed by atoms with Gasteiger partial charge in [-0.1, -0.05) is 74.9 Å². The third kappa shape index (κ3) is 4.75. The number of fused-ring (bicyclic) bond motifs is 2. The summed E-state index contributed by atoms with van der Waals surface area (Å²) in [6.45, 7) is 4.74. The minimum absolute atomic E-state index is 0.0885. The van der Waals surface area contributed by atoms with Gasteiger partial charge in [-0.15, -0.1) is 0 Å². The van der Waals surface area contributed by atoms with Crippen molar-refractivity contribution in [1.29, 1.82) is 0 Å². The third-order valence-electron chi connectivity index (χ3n) is 9.63. The van der Waals surface area contributed by atoms with Crippen LogP contribution in [0, 0.1) is 17.8 Å². The molecule has 2 saturated heterocycles. The Morgan fingerprint density at radius 3 is 2.42 bits per heavy atom. The third-order valence-corrected chi connectivity index (χ3v) is 9.63. The van der Waals surface area contributed by atoms with Crippen LogP contribution in [0.2, 0.25) is 0 Å².